The second-order valence-corrected chi connectivity index (χ2v) is 6.02. The highest BCUT2D eigenvalue weighted by atomic mass is 32.2. The van der Waals surface area contributed by atoms with Gasteiger partial charge in [0.1, 0.15) is 5.82 Å². The first-order chi connectivity index (χ1) is 8.31. The minimum absolute atomic E-state index is 0.424. The Hall–Kier alpha value is -0.480. The van der Waals surface area contributed by atoms with Crippen LogP contribution in [0.1, 0.15) is 38.1 Å². The molecule has 1 aliphatic heterocycles. The Morgan fingerprint density at radius 2 is 2.29 bits per heavy atom. The number of imidazole rings is 1. The van der Waals surface area contributed by atoms with Gasteiger partial charge >= 0.3 is 0 Å². The average Bonchev–Trinajstić information content (AvgIpc) is 2.76. The normalized spacial score (nSPS) is 19.4. The molecule has 1 fully saturated rings. The van der Waals surface area contributed by atoms with Gasteiger partial charge in [0.2, 0.25) is 0 Å². The van der Waals surface area contributed by atoms with Crippen molar-refractivity contribution in [1.29, 1.82) is 0 Å². The fourth-order valence-corrected chi connectivity index (χ4v) is 3.76. The van der Waals surface area contributed by atoms with Crippen molar-refractivity contribution in [3.63, 3.8) is 0 Å². The molecule has 1 atom stereocenters. The van der Waals surface area contributed by atoms with E-state index in [0.717, 1.165) is 12.5 Å². The fourth-order valence-electron chi connectivity index (χ4n) is 2.55. The molecule has 0 radical (unpaired) electrons. The van der Waals surface area contributed by atoms with Crippen LogP contribution in [0.3, 0.4) is 0 Å². The Kier molecular flexibility index (Phi) is 4.92. The van der Waals surface area contributed by atoms with Crippen molar-refractivity contribution in [2.45, 2.75) is 32.2 Å². The van der Waals surface area contributed by atoms with Crippen molar-refractivity contribution in [2.75, 3.05) is 18.1 Å². The number of aryl methyl sites for hydroxylation is 1. The minimum Gasteiger partial charge on any atom is -0.337 e. The van der Waals surface area contributed by atoms with Gasteiger partial charge in [-0.1, -0.05) is 6.92 Å². The van der Waals surface area contributed by atoms with Crippen LogP contribution >= 0.6 is 11.8 Å². The van der Waals surface area contributed by atoms with Gasteiger partial charge in [0, 0.05) is 19.4 Å². The number of hydrogen-bond acceptors (Lipinski definition) is 3. The van der Waals surface area contributed by atoms with E-state index in [9.17, 15) is 0 Å². The van der Waals surface area contributed by atoms with Crippen LogP contribution < -0.4 is 5.32 Å². The molecule has 2 heterocycles. The van der Waals surface area contributed by atoms with E-state index >= 15 is 0 Å². The van der Waals surface area contributed by atoms with Crippen LogP contribution in [-0.4, -0.2) is 27.6 Å². The third-order valence-electron chi connectivity index (χ3n) is 3.53. The number of hydrogen-bond donors (Lipinski definition) is 1. The molecule has 2 rings (SSSR count). The first-order valence-corrected chi connectivity index (χ1v) is 7.75. The van der Waals surface area contributed by atoms with E-state index in [4.69, 9.17) is 0 Å². The van der Waals surface area contributed by atoms with Gasteiger partial charge in [-0.3, -0.25) is 0 Å². The molecule has 3 nitrogen and oxygen atoms in total. The Balaban J connectivity index is 1.99. The molecule has 1 saturated heterocycles. The second kappa shape index (κ2) is 6.45. The van der Waals surface area contributed by atoms with E-state index in [2.05, 4.69) is 40.6 Å². The Morgan fingerprint density at radius 3 is 2.88 bits per heavy atom. The highest BCUT2D eigenvalue weighted by Gasteiger charge is 2.22. The zero-order chi connectivity index (χ0) is 12.1. The Bertz CT molecular complexity index is 331. The maximum Gasteiger partial charge on any atom is 0.125 e. The van der Waals surface area contributed by atoms with Gasteiger partial charge in [0.15, 0.2) is 0 Å². The maximum atomic E-state index is 4.50. The number of nitrogens with one attached hydrogen (secondary N) is 1. The minimum atomic E-state index is 0.424. The molecule has 17 heavy (non-hydrogen) atoms. The van der Waals surface area contributed by atoms with Crippen LogP contribution in [0.5, 0.6) is 0 Å². The van der Waals surface area contributed by atoms with E-state index in [1.165, 1.54) is 36.6 Å². The van der Waals surface area contributed by atoms with Crippen LogP contribution in [0, 0.1) is 5.92 Å². The molecular formula is C13H23N3S. The molecule has 1 aromatic heterocycles. The molecule has 96 valence electrons. The second-order valence-electron chi connectivity index (χ2n) is 4.80. The van der Waals surface area contributed by atoms with Crippen molar-refractivity contribution in [3.8, 4) is 0 Å². The third-order valence-corrected chi connectivity index (χ3v) is 4.58. The monoisotopic (exact) mass is 253 g/mol. The number of rotatable bonds is 5. The predicted octanol–water partition coefficient (Wildman–Crippen LogP) is 2.60. The van der Waals surface area contributed by atoms with Gasteiger partial charge < -0.3 is 9.88 Å². The predicted molar refractivity (Wildman–Crippen MR) is 74.3 cm³/mol. The molecule has 0 saturated carbocycles. The molecule has 1 unspecified atom stereocenters. The smallest absolute Gasteiger partial charge is 0.125 e. The van der Waals surface area contributed by atoms with E-state index in [-0.39, 0.29) is 0 Å². The number of aromatic nitrogens is 2. The molecule has 0 aromatic carbocycles. The average molecular weight is 253 g/mol. The van der Waals surface area contributed by atoms with E-state index < -0.39 is 0 Å². The van der Waals surface area contributed by atoms with E-state index in [1.807, 2.05) is 12.4 Å². The van der Waals surface area contributed by atoms with Gasteiger partial charge in [0.05, 0.1) is 6.04 Å². The molecule has 4 heteroatoms. The van der Waals surface area contributed by atoms with Gasteiger partial charge in [-0.25, -0.2) is 4.98 Å². The summed E-state index contributed by atoms with van der Waals surface area (Å²) in [5.74, 6) is 4.73. The Labute approximate surface area is 108 Å². The topological polar surface area (TPSA) is 29.9 Å². The van der Waals surface area contributed by atoms with Gasteiger partial charge in [0.25, 0.3) is 0 Å². The lowest BCUT2D eigenvalue weighted by Crippen LogP contribution is -2.27. The van der Waals surface area contributed by atoms with Crippen molar-refractivity contribution in [2.24, 2.45) is 13.0 Å². The van der Waals surface area contributed by atoms with E-state index in [1.54, 1.807) is 0 Å². The Morgan fingerprint density at radius 1 is 1.53 bits per heavy atom. The van der Waals surface area contributed by atoms with E-state index in [0.29, 0.717) is 6.04 Å². The van der Waals surface area contributed by atoms with Crippen molar-refractivity contribution in [3.05, 3.63) is 18.2 Å². The third kappa shape index (κ3) is 3.49. The molecule has 0 amide bonds. The first-order valence-electron chi connectivity index (χ1n) is 6.59. The summed E-state index contributed by atoms with van der Waals surface area (Å²) >= 11 is 2.10. The zero-order valence-corrected chi connectivity index (χ0v) is 11.7. The summed E-state index contributed by atoms with van der Waals surface area (Å²) in [6.07, 6.45) is 7.92. The van der Waals surface area contributed by atoms with Crippen molar-refractivity contribution >= 4 is 11.8 Å². The number of nitrogens with zero attached hydrogens (tertiary/aromatic N) is 2. The standard InChI is InChI=1S/C13H23N3S/c1-3-14-12(13-15-6-7-16(13)2)10-11-4-8-17-9-5-11/h6-7,11-12,14H,3-5,8-10H2,1-2H3. The van der Waals surface area contributed by atoms with Gasteiger partial charge in [-0.05, 0) is 43.2 Å². The SMILES string of the molecule is CCNC(CC1CCSCC1)c1nccn1C. The summed E-state index contributed by atoms with van der Waals surface area (Å²) in [6.45, 7) is 3.19. The molecule has 1 aromatic rings. The summed E-state index contributed by atoms with van der Waals surface area (Å²) in [5.41, 5.74) is 0. The van der Waals surface area contributed by atoms with Crippen molar-refractivity contribution < 1.29 is 0 Å². The quantitative estimate of drug-likeness (QED) is 0.875. The van der Waals surface area contributed by atoms with Gasteiger partial charge in [-0.2, -0.15) is 11.8 Å². The fraction of sp³-hybridized carbons (Fsp3) is 0.769. The van der Waals surface area contributed by atoms with Crippen LogP contribution in [0.25, 0.3) is 0 Å². The highest BCUT2D eigenvalue weighted by molar-refractivity contribution is 7.99. The lowest BCUT2D eigenvalue weighted by Gasteiger charge is -2.26. The molecule has 0 spiro atoms. The lowest BCUT2D eigenvalue weighted by atomic mass is 9.94. The molecule has 0 bridgehead atoms. The summed E-state index contributed by atoms with van der Waals surface area (Å²) < 4.78 is 2.14. The van der Waals surface area contributed by atoms with Gasteiger partial charge in [-0.15, -0.1) is 0 Å². The molecular weight excluding hydrogens is 230 g/mol. The van der Waals surface area contributed by atoms with Crippen LogP contribution in [0.15, 0.2) is 12.4 Å². The van der Waals surface area contributed by atoms with Crippen LogP contribution in [-0.2, 0) is 7.05 Å². The van der Waals surface area contributed by atoms with Crippen molar-refractivity contribution in [1.82, 2.24) is 14.9 Å². The van der Waals surface area contributed by atoms with Crippen LogP contribution in [0.2, 0.25) is 0 Å². The maximum absolute atomic E-state index is 4.50. The summed E-state index contributed by atoms with van der Waals surface area (Å²) in [6, 6.07) is 0.424. The van der Waals surface area contributed by atoms with Crippen LogP contribution in [0.4, 0.5) is 0 Å². The molecule has 1 aliphatic rings. The zero-order valence-electron chi connectivity index (χ0n) is 10.9. The first kappa shape index (κ1) is 13.0. The molecule has 0 aliphatic carbocycles. The summed E-state index contributed by atoms with van der Waals surface area (Å²) in [5, 5.41) is 3.58. The summed E-state index contributed by atoms with van der Waals surface area (Å²) in [7, 11) is 2.09. The highest BCUT2D eigenvalue weighted by Crippen LogP contribution is 2.30. The number of thioether (sulfide) groups is 1. The lowest BCUT2D eigenvalue weighted by molar-refractivity contribution is 0.360. The molecule has 1 N–H and O–H groups in total. The summed E-state index contributed by atoms with van der Waals surface area (Å²) in [4.78, 5) is 4.50. The largest absolute Gasteiger partial charge is 0.337 e.